The standard InChI is InChI=1S/C17H36N2O2/c1-9-14(5)12-19(10-2)15(6)11-17(7,16(20)21-8)18-13(3)4/h13-15,18H,9-12H2,1-8H3. The van der Waals surface area contributed by atoms with Crippen molar-refractivity contribution in [3.05, 3.63) is 0 Å². The van der Waals surface area contributed by atoms with Gasteiger partial charge in [-0.25, -0.2) is 0 Å². The van der Waals surface area contributed by atoms with Crippen molar-refractivity contribution in [3.63, 3.8) is 0 Å². The van der Waals surface area contributed by atoms with E-state index in [0.717, 1.165) is 19.5 Å². The number of ether oxygens (including phenoxy) is 1. The van der Waals surface area contributed by atoms with E-state index in [4.69, 9.17) is 4.74 Å². The average Bonchev–Trinajstić information content (AvgIpc) is 2.41. The van der Waals surface area contributed by atoms with Crippen LogP contribution in [0.1, 0.15) is 61.3 Å². The minimum absolute atomic E-state index is 0.178. The fraction of sp³-hybridized carbons (Fsp3) is 0.941. The molecular weight excluding hydrogens is 264 g/mol. The zero-order valence-corrected chi connectivity index (χ0v) is 15.3. The molecule has 0 heterocycles. The normalized spacial score (nSPS) is 17.6. The lowest BCUT2D eigenvalue weighted by Gasteiger charge is -2.37. The molecule has 126 valence electrons. The summed E-state index contributed by atoms with van der Waals surface area (Å²) in [5.41, 5.74) is -0.634. The molecule has 0 fully saturated rings. The van der Waals surface area contributed by atoms with Gasteiger partial charge in [0, 0.05) is 18.6 Å². The topological polar surface area (TPSA) is 41.6 Å². The molecule has 4 heteroatoms. The summed E-state index contributed by atoms with van der Waals surface area (Å²) < 4.78 is 5.01. The van der Waals surface area contributed by atoms with E-state index < -0.39 is 5.54 Å². The summed E-state index contributed by atoms with van der Waals surface area (Å²) in [6.07, 6.45) is 1.93. The summed E-state index contributed by atoms with van der Waals surface area (Å²) in [4.78, 5) is 14.6. The van der Waals surface area contributed by atoms with Crippen LogP contribution in [0.25, 0.3) is 0 Å². The number of hydrogen-bond acceptors (Lipinski definition) is 4. The van der Waals surface area contributed by atoms with E-state index >= 15 is 0 Å². The molecular formula is C17H36N2O2. The number of carbonyl (C=O) groups is 1. The summed E-state index contributed by atoms with van der Waals surface area (Å²) in [7, 11) is 1.46. The second-order valence-corrected chi connectivity index (χ2v) is 6.78. The number of rotatable bonds is 10. The van der Waals surface area contributed by atoms with E-state index in [1.54, 1.807) is 0 Å². The van der Waals surface area contributed by atoms with Gasteiger partial charge in [-0.15, -0.1) is 0 Å². The lowest BCUT2D eigenvalue weighted by molar-refractivity contribution is -0.149. The fourth-order valence-electron chi connectivity index (χ4n) is 2.93. The maximum Gasteiger partial charge on any atom is 0.325 e. The van der Waals surface area contributed by atoms with Crippen LogP contribution in [0.2, 0.25) is 0 Å². The highest BCUT2D eigenvalue weighted by Gasteiger charge is 2.37. The van der Waals surface area contributed by atoms with Crippen molar-refractivity contribution in [1.29, 1.82) is 0 Å². The van der Waals surface area contributed by atoms with E-state index in [-0.39, 0.29) is 12.0 Å². The highest BCUT2D eigenvalue weighted by molar-refractivity contribution is 5.80. The molecule has 0 spiro atoms. The number of nitrogens with zero attached hydrogens (tertiary/aromatic N) is 1. The zero-order valence-electron chi connectivity index (χ0n) is 15.3. The minimum atomic E-state index is -0.634. The Hall–Kier alpha value is -0.610. The van der Waals surface area contributed by atoms with Crippen molar-refractivity contribution in [2.75, 3.05) is 20.2 Å². The van der Waals surface area contributed by atoms with Crippen LogP contribution in [0.5, 0.6) is 0 Å². The Morgan fingerprint density at radius 1 is 1.24 bits per heavy atom. The predicted molar refractivity (Wildman–Crippen MR) is 89.5 cm³/mol. The summed E-state index contributed by atoms with van der Waals surface area (Å²) in [5, 5.41) is 3.38. The maximum atomic E-state index is 12.2. The van der Waals surface area contributed by atoms with Crippen LogP contribution in [-0.4, -0.2) is 48.7 Å². The minimum Gasteiger partial charge on any atom is -0.468 e. The van der Waals surface area contributed by atoms with Gasteiger partial charge in [0.05, 0.1) is 7.11 Å². The molecule has 0 aliphatic rings. The Morgan fingerprint density at radius 2 is 1.81 bits per heavy atom. The van der Waals surface area contributed by atoms with Crippen molar-refractivity contribution in [1.82, 2.24) is 10.2 Å². The molecule has 0 amide bonds. The number of hydrogen-bond donors (Lipinski definition) is 1. The van der Waals surface area contributed by atoms with E-state index in [2.05, 4.69) is 51.8 Å². The molecule has 0 radical (unpaired) electrons. The van der Waals surface area contributed by atoms with Crippen LogP contribution in [0.15, 0.2) is 0 Å². The molecule has 3 atom stereocenters. The average molecular weight is 300 g/mol. The first kappa shape index (κ1) is 20.4. The lowest BCUT2D eigenvalue weighted by Crippen LogP contribution is -2.56. The Labute approximate surface area is 131 Å². The number of carbonyl (C=O) groups excluding carboxylic acids is 1. The van der Waals surface area contributed by atoms with Gasteiger partial charge < -0.3 is 9.64 Å². The number of methoxy groups -OCH3 is 1. The van der Waals surface area contributed by atoms with Crippen molar-refractivity contribution < 1.29 is 9.53 Å². The monoisotopic (exact) mass is 300 g/mol. The summed E-state index contributed by atoms with van der Waals surface area (Å²) in [5.74, 6) is 0.498. The van der Waals surface area contributed by atoms with Gasteiger partial charge in [-0.3, -0.25) is 10.1 Å². The molecule has 0 aliphatic heterocycles. The second-order valence-electron chi connectivity index (χ2n) is 6.78. The van der Waals surface area contributed by atoms with Crippen LogP contribution >= 0.6 is 0 Å². The van der Waals surface area contributed by atoms with Gasteiger partial charge in [0.2, 0.25) is 0 Å². The summed E-state index contributed by atoms with van der Waals surface area (Å²) in [6, 6.07) is 0.574. The van der Waals surface area contributed by atoms with E-state index in [1.165, 1.54) is 13.5 Å². The van der Waals surface area contributed by atoms with Gasteiger partial charge in [-0.05, 0) is 46.6 Å². The fourth-order valence-corrected chi connectivity index (χ4v) is 2.93. The number of esters is 1. The molecule has 0 aliphatic carbocycles. The number of nitrogens with one attached hydrogen (secondary N) is 1. The Bertz CT molecular complexity index is 307. The molecule has 0 aromatic carbocycles. The lowest BCUT2D eigenvalue weighted by atomic mass is 9.91. The van der Waals surface area contributed by atoms with Crippen molar-refractivity contribution in [3.8, 4) is 0 Å². The van der Waals surface area contributed by atoms with Gasteiger partial charge in [0.15, 0.2) is 0 Å². The molecule has 0 bridgehead atoms. The third-order valence-corrected chi connectivity index (χ3v) is 4.22. The highest BCUT2D eigenvalue weighted by atomic mass is 16.5. The van der Waals surface area contributed by atoms with Gasteiger partial charge in [0.25, 0.3) is 0 Å². The van der Waals surface area contributed by atoms with E-state index in [9.17, 15) is 4.79 Å². The first-order chi connectivity index (χ1) is 9.69. The van der Waals surface area contributed by atoms with Gasteiger partial charge in [0.1, 0.15) is 5.54 Å². The zero-order chi connectivity index (χ0) is 16.6. The molecule has 0 saturated carbocycles. The molecule has 21 heavy (non-hydrogen) atoms. The Balaban J connectivity index is 4.92. The molecule has 0 aromatic rings. The third kappa shape index (κ3) is 6.79. The van der Waals surface area contributed by atoms with Crippen molar-refractivity contribution in [2.24, 2.45) is 5.92 Å². The van der Waals surface area contributed by atoms with Crippen LogP contribution < -0.4 is 5.32 Å². The van der Waals surface area contributed by atoms with Crippen LogP contribution in [0, 0.1) is 5.92 Å². The van der Waals surface area contributed by atoms with Crippen LogP contribution in [0.4, 0.5) is 0 Å². The SMILES string of the molecule is CCC(C)CN(CC)C(C)CC(C)(NC(C)C)C(=O)OC. The molecule has 3 unspecified atom stereocenters. The molecule has 0 aromatic heterocycles. The molecule has 1 N–H and O–H groups in total. The second kappa shape index (κ2) is 9.42. The Morgan fingerprint density at radius 3 is 2.19 bits per heavy atom. The highest BCUT2D eigenvalue weighted by Crippen LogP contribution is 2.20. The largest absolute Gasteiger partial charge is 0.468 e. The first-order valence-corrected chi connectivity index (χ1v) is 8.30. The van der Waals surface area contributed by atoms with Crippen LogP contribution in [0.3, 0.4) is 0 Å². The predicted octanol–water partition coefficient (Wildman–Crippen LogP) is 3.06. The molecule has 0 saturated heterocycles. The van der Waals surface area contributed by atoms with Gasteiger partial charge >= 0.3 is 5.97 Å². The summed E-state index contributed by atoms with van der Waals surface area (Å²) >= 11 is 0. The van der Waals surface area contributed by atoms with E-state index in [1.807, 2.05) is 6.92 Å². The smallest absolute Gasteiger partial charge is 0.325 e. The molecule has 0 rings (SSSR count). The van der Waals surface area contributed by atoms with Crippen molar-refractivity contribution in [2.45, 2.75) is 78.9 Å². The van der Waals surface area contributed by atoms with E-state index in [0.29, 0.717) is 12.0 Å². The Kier molecular flexibility index (Phi) is 9.14. The summed E-state index contributed by atoms with van der Waals surface area (Å²) in [6.45, 7) is 17.0. The van der Waals surface area contributed by atoms with Gasteiger partial charge in [-0.1, -0.05) is 27.2 Å². The van der Waals surface area contributed by atoms with Gasteiger partial charge in [-0.2, -0.15) is 0 Å². The quantitative estimate of drug-likeness (QED) is 0.630. The third-order valence-electron chi connectivity index (χ3n) is 4.22. The molecule has 4 nitrogen and oxygen atoms in total. The van der Waals surface area contributed by atoms with Crippen molar-refractivity contribution >= 4 is 5.97 Å². The maximum absolute atomic E-state index is 12.2. The first-order valence-electron chi connectivity index (χ1n) is 8.30. The van der Waals surface area contributed by atoms with Crippen LogP contribution in [-0.2, 0) is 9.53 Å².